The average molecular weight is 435 g/mol. The van der Waals surface area contributed by atoms with E-state index < -0.39 is 15.9 Å². The van der Waals surface area contributed by atoms with Crippen molar-refractivity contribution < 1.29 is 27.1 Å². The van der Waals surface area contributed by atoms with E-state index >= 15 is 0 Å². The zero-order chi connectivity index (χ0) is 20.8. The fraction of sp³-hybridized carbons (Fsp3) is 0.158. The fourth-order valence-corrected chi connectivity index (χ4v) is 4.80. The first-order valence-electron chi connectivity index (χ1n) is 8.39. The van der Waals surface area contributed by atoms with Crippen molar-refractivity contribution in [3.63, 3.8) is 0 Å². The molecule has 0 radical (unpaired) electrons. The minimum absolute atomic E-state index is 0.0115. The predicted molar refractivity (Wildman–Crippen MR) is 104 cm³/mol. The van der Waals surface area contributed by atoms with Crippen molar-refractivity contribution in [1.82, 2.24) is 9.29 Å². The molecule has 1 amide bonds. The first kappa shape index (κ1) is 19.3. The molecule has 4 rings (SSSR count). The molecular weight excluding hydrogens is 420 g/mol. The third kappa shape index (κ3) is 3.12. The van der Waals surface area contributed by atoms with E-state index in [4.69, 9.17) is 25.5 Å². The van der Waals surface area contributed by atoms with Crippen molar-refractivity contribution in [2.75, 3.05) is 14.2 Å². The number of methoxy groups -OCH3 is 2. The van der Waals surface area contributed by atoms with Gasteiger partial charge in [-0.1, -0.05) is 23.7 Å². The van der Waals surface area contributed by atoms with Crippen molar-refractivity contribution in [1.29, 1.82) is 0 Å². The maximum absolute atomic E-state index is 12.9. The molecule has 0 bridgehead atoms. The normalized spacial score (nSPS) is 14.7. The number of oxazole rings is 1. The maximum atomic E-state index is 12.9. The van der Waals surface area contributed by atoms with E-state index in [2.05, 4.69) is 4.98 Å². The third-order valence-corrected chi connectivity index (χ3v) is 6.57. The Morgan fingerprint density at radius 3 is 2.48 bits per heavy atom. The summed E-state index contributed by atoms with van der Waals surface area (Å²) in [4.78, 5) is 16.9. The van der Waals surface area contributed by atoms with Crippen molar-refractivity contribution in [3.8, 4) is 23.0 Å². The van der Waals surface area contributed by atoms with E-state index in [0.717, 1.165) is 4.31 Å². The molecule has 10 heteroatoms. The lowest BCUT2D eigenvalue weighted by Crippen LogP contribution is -2.29. The van der Waals surface area contributed by atoms with Crippen LogP contribution in [0.25, 0.3) is 11.5 Å². The summed E-state index contributed by atoms with van der Waals surface area (Å²) < 4.78 is 42.3. The highest BCUT2D eigenvalue weighted by atomic mass is 35.5. The van der Waals surface area contributed by atoms with Gasteiger partial charge in [-0.2, -0.15) is 0 Å². The van der Waals surface area contributed by atoms with Gasteiger partial charge in [0.05, 0.1) is 36.9 Å². The van der Waals surface area contributed by atoms with Crippen LogP contribution in [0.2, 0.25) is 5.02 Å². The molecule has 2 heterocycles. The number of carbonyl (C=O) groups is 1. The van der Waals surface area contributed by atoms with Gasteiger partial charge < -0.3 is 13.9 Å². The molecule has 1 aliphatic rings. The summed E-state index contributed by atoms with van der Waals surface area (Å²) in [6, 6.07) is 9.59. The number of sulfonamides is 1. The number of fused-ring (bicyclic) bond motifs is 1. The number of benzene rings is 2. The number of aromatic nitrogens is 1. The highest BCUT2D eigenvalue weighted by molar-refractivity contribution is 7.90. The number of nitrogens with zero attached hydrogens (tertiary/aromatic N) is 2. The second-order valence-electron chi connectivity index (χ2n) is 6.14. The summed E-state index contributed by atoms with van der Waals surface area (Å²) in [5.74, 6) is 0.0322. The van der Waals surface area contributed by atoms with E-state index in [1.165, 1.54) is 32.6 Å². The van der Waals surface area contributed by atoms with Crippen LogP contribution in [0.15, 0.2) is 52.0 Å². The van der Waals surface area contributed by atoms with Crippen LogP contribution in [0, 0.1) is 0 Å². The quantitative estimate of drug-likeness (QED) is 0.607. The zero-order valence-electron chi connectivity index (χ0n) is 15.4. The molecule has 8 nitrogen and oxygen atoms in total. The molecule has 0 saturated carbocycles. The van der Waals surface area contributed by atoms with Crippen molar-refractivity contribution in [2.45, 2.75) is 11.4 Å². The summed E-state index contributed by atoms with van der Waals surface area (Å²) in [6.07, 6.45) is 1.30. The predicted octanol–water partition coefficient (Wildman–Crippen LogP) is 3.36. The minimum atomic E-state index is -4.07. The monoisotopic (exact) mass is 434 g/mol. The zero-order valence-corrected chi connectivity index (χ0v) is 17.0. The lowest BCUT2D eigenvalue weighted by molar-refractivity contribution is 0.0863. The standard InChI is InChI=1S/C19H15ClN2O6S/c1-26-15-7-13-17(8-16(15)27-2)29(24,25)22(19(13)23)9-11-10-28-18(21-11)12-5-3-4-6-14(12)20/h3-8,10H,9H2,1-2H3. The van der Waals surface area contributed by atoms with Gasteiger partial charge in [0.25, 0.3) is 15.9 Å². The van der Waals surface area contributed by atoms with Gasteiger partial charge in [-0.25, -0.2) is 17.7 Å². The largest absolute Gasteiger partial charge is 0.493 e. The van der Waals surface area contributed by atoms with E-state index in [1.54, 1.807) is 24.3 Å². The third-order valence-electron chi connectivity index (χ3n) is 4.47. The number of amides is 1. The van der Waals surface area contributed by atoms with Gasteiger partial charge in [-0.05, 0) is 18.2 Å². The summed E-state index contributed by atoms with van der Waals surface area (Å²) in [7, 11) is -1.28. The van der Waals surface area contributed by atoms with Crippen LogP contribution in [-0.4, -0.2) is 37.8 Å². The van der Waals surface area contributed by atoms with Crippen LogP contribution < -0.4 is 9.47 Å². The molecule has 0 saturated heterocycles. The molecular formula is C19H15ClN2O6S. The average Bonchev–Trinajstić information content (AvgIpc) is 3.25. The van der Waals surface area contributed by atoms with Crippen LogP contribution in [0.3, 0.4) is 0 Å². The number of hydrogen-bond acceptors (Lipinski definition) is 7. The Labute approximate surface area is 171 Å². The lowest BCUT2D eigenvalue weighted by atomic mass is 10.2. The minimum Gasteiger partial charge on any atom is -0.493 e. The van der Waals surface area contributed by atoms with Gasteiger partial charge in [0.2, 0.25) is 5.89 Å². The molecule has 3 aromatic rings. The SMILES string of the molecule is COc1cc2c(cc1OC)S(=O)(=O)N(Cc1coc(-c3ccccc3Cl)n1)C2=O. The fourth-order valence-electron chi connectivity index (χ4n) is 3.04. The van der Waals surface area contributed by atoms with Crippen LogP contribution in [0.1, 0.15) is 16.1 Å². The Morgan fingerprint density at radius 1 is 1.10 bits per heavy atom. The van der Waals surface area contributed by atoms with Crippen LogP contribution in [0.4, 0.5) is 0 Å². The topological polar surface area (TPSA) is 98.9 Å². The summed E-state index contributed by atoms with van der Waals surface area (Å²) in [5, 5.41) is 0.442. The van der Waals surface area contributed by atoms with Crippen LogP contribution >= 0.6 is 11.6 Å². The molecule has 0 spiro atoms. The molecule has 150 valence electrons. The van der Waals surface area contributed by atoms with Crippen LogP contribution in [0.5, 0.6) is 11.5 Å². The number of carbonyl (C=O) groups excluding carboxylic acids is 1. The van der Waals surface area contributed by atoms with Gasteiger partial charge in [0.1, 0.15) is 16.9 Å². The maximum Gasteiger partial charge on any atom is 0.269 e. The number of hydrogen-bond donors (Lipinski definition) is 0. The number of rotatable bonds is 5. The molecule has 29 heavy (non-hydrogen) atoms. The summed E-state index contributed by atoms with van der Waals surface area (Å²) in [5.41, 5.74) is 0.842. The van der Waals surface area contributed by atoms with Gasteiger partial charge in [-0.15, -0.1) is 0 Å². The van der Waals surface area contributed by atoms with Gasteiger partial charge >= 0.3 is 0 Å². The van der Waals surface area contributed by atoms with Gasteiger partial charge in [0.15, 0.2) is 11.5 Å². The number of ether oxygens (including phenoxy) is 2. The molecule has 1 aliphatic heterocycles. The first-order valence-corrected chi connectivity index (χ1v) is 10.2. The highest BCUT2D eigenvalue weighted by Crippen LogP contribution is 2.39. The summed E-state index contributed by atoms with van der Waals surface area (Å²) in [6.45, 7) is -0.283. The number of halogens is 1. The van der Waals surface area contributed by atoms with Gasteiger partial charge in [-0.3, -0.25) is 4.79 Å². The van der Waals surface area contributed by atoms with Crippen molar-refractivity contribution >= 4 is 27.5 Å². The first-order chi connectivity index (χ1) is 13.9. The second kappa shape index (κ2) is 7.09. The molecule has 0 aliphatic carbocycles. The Bertz CT molecular complexity index is 1220. The van der Waals surface area contributed by atoms with Gasteiger partial charge in [0, 0.05) is 6.07 Å². The molecule has 0 unspecified atom stereocenters. The molecule has 0 N–H and O–H groups in total. The Hall–Kier alpha value is -3.04. The highest BCUT2D eigenvalue weighted by Gasteiger charge is 2.42. The Morgan fingerprint density at radius 2 is 1.79 bits per heavy atom. The van der Waals surface area contributed by atoms with E-state index in [0.29, 0.717) is 10.6 Å². The molecule has 0 atom stereocenters. The molecule has 2 aromatic carbocycles. The lowest BCUT2D eigenvalue weighted by Gasteiger charge is -2.12. The molecule has 1 aromatic heterocycles. The van der Waals surface area contributed by atoms with E-state index in [9.17, 15) is 13.2 Å². The second-order valence-corrected chi connectivity index (χ2v) is 8.38. The molecule has 0 fully saturated rings. The van der Waals surface area contributed by atoms with Crippen molar-refractivity contribution in [2.24, 2.45) is 0 Å². The Kier molecular flexibility index (Phi) is 4.71. The summed E-state index contributed by atoms with van der Waals surface area (Å²) >= 11 is 6.14. The smallest absolute Gasteiger partial charge is 0.269 e. The van der Waals surface area contributed by atoms with Crippen molar-refractivity contribution in [3.05, 3.63) is 58.9 Å². The Balaban J connectivity index is 1.68. The van der Waals surface area contributed by atoms with E-state index in [1.807, 2.05) is 0 Å². The van der Waals surface area contributed by atoms with Crippen LogP contribution in [-0.2, 0) is 16.6 Å². The van der Waals surface area contributed by atoms with E-state index in [-0.39, 0.29) is 40.1 Å².